The first-order valence-electron chi connectivity index (χ1n) is 10.3. The van der Waals surface area contributed by atoms with Crippen LogP contribution >= 0.6 is 0 Å². The van der Waals surface area contributed by atoms with Gasteiger partial charge in [0.05, 0.1) is 0 Å². The lowest BCUT2D eigenvalue weighted by Crippen LogP contribution is -2.52. The van der Waals surface area contributed by atoms with Crippen molar-refractivity contribution in [1.82, 2.24) is 15.1 Å². The number of benzene rings is 1. The summed E-state index contributed by atoms with van der Waals surface area (Å²) in [7, 11) is 0. The minimum Gasteiger partial charge on any atom is -0.337 e. The van der Waals surface area contributed by atoms with Crippen molar-refractivity contribution < 1.29 is 9.59 Å². The lowest BCUT2D eigenvalue weighted by Gasteiger charge is -2.41. The molecule has 6 heteroatoms. The second-order valence-electron chi connectivity index (χ2n) is 8.20. The highest BCUT2D eigenvalue weighted by atomic mass is 16.2. The molecule has 146 valence electrons. The highest BCUT2D eigenvalue weighted by Gasteiger charge is 2.36. The maximum Gasteiger partial charge on any atom is 0.321 e. The second kappa shape index (κ2) is 7.50. The van der Waals surface area contributed by atoms with Gasteiger partial charge in [-0.3, -0.25) is 14.6 Å². The minimum atomic E-state index is -0.0883. The van der Waals surface area contributed by atoms with Crippen LogP contribution in [0, 0.1) is 0 Å². The highest BCUT2D eigenvalue weighted by molar-refractivity contribution is 5.98. The Bertz CT molecular complexity index is 712. The van der Waals surface area contributed by atoms with E-state index in [4.69, 9.17) is 0 Å². The Morgan fingerprint density at radius 1 is 1.11 bits per heavy atom. The molecule has 1 aromatic carbocycles. The van der Waals surface area contributed by atoms with Gasteiger partial charge in [0, 0.05) is 55.6 Å². The van der Waals surface area contributed by atoms with E-state index in [1.165, 1.54) is 19.3 Å². The van der Waals surface area contributed by atoms with E-state index >= 15 is 0 Å². The SMILES string of the molecule is CC1CCC(C)N1C1CCCN(C(=O)c2cccc(N3CCNC3=O)c2)C1. The molecule has 6 nitrogen and oxygen atoms in total. The number of piperidine rings is 1. The normalized spacial score (nSPS) is 29.3. The van der Waals surface area contributed by atoms with Gasteiger partial charge < -0.3 is 10.2 Å². The summed E-state index contributed by atoms with van der Waals surface area (Å²) < 4.78 is 0. The number of likely N-dealkylation sites (tertiary alicyclic amines) is 2. The van der Waals surface area contributed by atoms with Crippen LogP contribution in [0.15, 0.2) is 24.3 Å². The van der Waals surface area contributed by atoms with Gasteiger partial charge in [-0.15, -0.1) is 0 Å². The fourth-order valence-corrected chi connectivity index (χ4v) is 5.02. The molecule has 0 saturated carbocycles. The Labute approximate surface area is 161 Å². The molecule has 1 N–H and O–H groups in total. The first-order chi connectivity index (χ1) is 13.0. The second-order valence-corrected chi connectivity index (χ2v) is 8.20. The van der Waals surface area contributed by atoms with Crippen molar-refractivity contribution in [3.8, 4) is 0 Å². The molecule has 3 unspecified atom stereocenters. The third-order valence-corrected chi connectivity index (χ3v) is 6.39. The zero-order valence-electron chi connectivity index (χ0n) is 16.4. The van der Waals surface area contributed by atoms with Crippen LogP contribution in [0.2, 0.25) is 0 Å². The van der Waals surface area contributed by atoms with Crippen molar-refractivity contribution in [1.29, 1.82) is 0 Å². The number of rotatable bonds is 3. The topological polar surface area (TPSA) is 55.9 Å². The smallest absolute Gasteiger partial charge is 0.321 e. The van der Waals surface area contributed by atoms with Crippen LogP contribution < -0.4 is 10.2 Å². The summed E-state index contributed by atoms with van der Waals surface area (Å²) in [6.07, 6.45) is 4.74. The van der Waals surface area contributed by atoms with Gasteiger partial charge in [-0.25, -0.2) is 4.79 Å². The number of anilines is 1. The zero-order valence-corrected chi connectivity index (χ0v) is 16.4. The Hall–Kier alpha value is -2.08. The number of amides is 3. The first-order valence-corrected chi connectivity index (χ1v) is 10.3. The number of hydrogen-bond donors (Lipinski definition) is 1. The molecule has 0 radical (unpaired) electrons. The molecule has 3 heterocycles. The van der Waals surface area contributed by atoms with E-state index in [1.54, 1.807) is 4.90 Å². The Kier molecular flexibility index (Phi) is 5.08. The minimum absolute atomic E-state index is 0.0839. The van der Waals surface area contributed by atoms with E-state index in [0.717, 1.165) is 25.2 Å². The predicted octanol–water partition coefficient (Wildman–Crippen LogP) is 2.69. The molecule has 3 atom stereocenters. The molecule has 3 fully saturated rings. The van der Waals surface area contributed by atoms with Gasteiger partial charge >= 0.3 is 6.03 Å². The molecule has 0 bridgehead atoms. The molecular weight excluding hydrogens is 340 g/mol. The van der Waals surface area contributed by atoms with Crippen LogP contribution in [0.25, 0.3) is 0 Å². The van der Waals surface area contributed by atoms with Crippen molar-refractivity contribution in [3.63, 3.8) is 0 Å². The average Bonchev–Trinajstić information content (AvgIpc) is 3.26. The molecule has 4 rings (SSSR count). The van der Waals surface area contributed by atoms with Crippen LogP contribution in [-0.4, -0.2) is 66.0 Å². The average molecular weight is 370 g/mol. The van der Waals surface area contributed by atoms with Gasteiger partial charge in [-0.1, -0.05) is 6.07 Å². The molecule has 0 aliphatic carbocycles. The van der Waals surface area contributed by atoms with Crippen LogP contribution in [0.1, 0.15) is 49.9 Å². The molecule has 1 aromatic rings. The lowest BCUT2D eigenvalue weighted by molar-refractivity contribution is 0.0487. The number of urea groups is 1. The van der Waals surface area contributed by atoms with Crippen molar-refractivity contribution in [2.45, 2.75) is 57.7 Å². The van der Waals surface area contributed by atoms with Crippen molar-refractivity contribution in [3.05, 3.63) is 29.8 Å². The molecule has 0 aromatic heterocycles. The number of nitrogens with one attached hydrogen (secondary N) is 1. The maximum absolute atomic E-state index is 13.2. The summed E-state index contributed by atoms with van der Waals surface area (Å²) in [6, 6.07) is 9.09. The number of carbonyl (C=O) groups is 2. The summed E-state index contributed by atoms with van der Waals surface area (Å²) >= 11 is 0. The number of nitrogens with zero attached hydrogens (tertiary/aromatic N) is 3. The molecule has 0 spiro atoms. The van der Waals surface area contributed by atoms with Crippen molar-refractivity contribution >= 4 is 17.6 Å². The molecular formula is C21H30N4O2. The van der Waals surface area contributed by atoms with Gasteiger partial charge in [-0.05, 0) is 57.7 Å². The Balaban J connectivity index is 1.48. The van der Waals surface area contributed by atoms with Gasteiger partial charge in [-0.2, -0.15) is 0 Å². The van der Waals surface area contributed by atoms with E-state index in [9.17, 15) is 9.59 Å². The summed E-state index contributed by atoms with van der Waals surface area (Å²) in [4.78, 5) is 31.4. The molecule has 3 aliphatic heterocycles. The quantitative estimate of drug-likeness (QED) is 0.890. The van der Waals surface area contributed by atoms with Crippen LogP contribution in [0.5, 0.6) is 0 Å². The van der Waals surface area contributed by atoms with E-state index in [2.05, 4.69) is 24.1 Å². The maximum atomic E-state index is 13.2. The third kappa shape index (κ3) is 3.55. The zero-order chi connectivity index (χ0) is 19.0. The Morgan fingerprint density at radius 2 is 1.89 bits per heavy atom. The Morgan fingerprint density at radius 3 is 2.59 bits per heavy atom. The molecule has 3 amide bonds. The lowest BCUT2D eigenvalue weighted by atomic mass is 10.0. The molecule has 3 aliphatic rings. The van der Waals surface area contributed by atoms with E-state index < -0.39 is 0 Å². The summed E-state index contributed by atoms with van der Waals surface area (Å²) in [5.74, 6) is 0.0839. The van der Waals surface area contributed by atoms with Crippen LogP contribution in [0.3, 0.4) is 0 Å². The first kappa shape index (κ1) is 18.3. The third-order valence-electron chi connectivity index (χ3n) is 6.39. The van der Waals surface area contributed by atoms with Crippen LogP contribution in [0.4, 0.5) is 10.5 Å². The highest BCUT2D eigenvalue weighted by Crippen LogP contribution is 2.30. The standard InChI is InChI=1S/C21H30N4O2/c1-15-8-9-16(2)25(15)19-7-4-11-23(14-19)20(26)17-5-3-6-18(13-17)24-12-10-22-21(24)27/h3,5-6,13,15-16,19H,4,7-12,14H2,1-2H3,(H,22,27). The number of carbonyl (C=O) groups excluding carboxylic acids is 2. The summed E-state index contributed by atoms with van der Waals surface area (Å²) in [6.45, 7) is 7.55. The molecule has 27 heavy (non-hydrogen) atoms. The van der Waals surface area contributed by atoms with Gasteiger partial charge in [0.1, 0.15) is 0 Å². The molecule has 3 saturated heterocycles. The summed E-state index contributed by atoms with van der Waals surface area (Å²) in [5.41, 5.74) is 1.47. The van der Waals surface area contributed by atoms with E-state index in [0.29, 0.717) is 36.8 Å². The van der Waals surface area contributed by atoms with Gasteiger partial charge in [0.25, 0.3) is 5.91 Å². The van der Waals surface area contributed by atoms with Crippen molar-refractivity contribution in [2.75, 3.05) is 31.1 Å². The summed E-state index contributed by atoms with van der Waals surface area (Å²) in [5, 5.41) is 2.81. The predicted molar refractivity (Wildman–Crippen MR) is 106 cm³/mol. The fourth-order valence-electron chi connectivity index (χ4n) is 5.02. The van der Waals surface area contributed by atoms with Crippen molar-refractivity contribution in [2.24, 2.45) is 0 Å². The number of hydrogen-bond acceptors (Lipinski definition) is 3. The largest absolute Gasteiger partial charge is 0.337 e. The van der Waals surface area contributed by atoms with E-state index in [-0.39, 0.29) is 11.9 Å². The van der Waals surface area contributed by atoms with Gasteiger partial charge in [0.15, 0.2) is 0 Å². The monoisotopic (exact) mass is 370 g/mol. The van der Waals surface area contributed by atoms with Gasteiger partial charge in [0.2, 0.25) is 0 Å². The van der Waals surface area contributed by atoms with Crippen LogP contribution in [-0.2, 0) is 0 Å². The fraction of sp³-hybridized carbons (Fsp3) is 0.619. The van der Waals surface area contributed by atoms with E-state index in [1.807, 2.05) is 29.2 Å².